The number of benzene rings is 1. The third-order valence-corrected chi connectivity index (χ3v) is 3.98. The normalized spacial score (nSPS) is 16.1. The van der Waals surface area contributed by atoms with E-state index in [-0.39, 0.29) is 5.91 Å². The number of amides is 1. The standard InChI is InChI=1S/C15H22N2O/c1-15(2,12-6-8-13(16)9-7-12)14(18)17-10-11-4-3-5-11/h6-9,11H,3-5,10,16H2,1-2H3,(H,17,18). The zero-order valence-electron chi connectivity index (χ0n) is 11.2. The molecule has 3 N–H and O–H groups in total. The van der Waals surface area contributed by atoms with Gasteiger partial charge in [0.15, 0.2) is 0 Å². The molecule has 3 nitrogen and oxygen atoms in total. The summed E-state index contributed by atoms with van der Waals surface area (Å²) >= 11 is 0. The minimum Gasteiger partial charge on any atom is -0.399 e. The molecule has 98 valence electrons. The van der Waals surface area contributed by atoms with Crippen molar-refractivity contribution in [3.05, 3.63) is 29.8 Å². The molecule has 0 spiro atoms. The van der Waals surface area contributed by atoms with Crippen molar-refractivity contribution >= 4 is 11.6 Å². The van der Waals surface area contributed by atoms with Crippen molar-refractivity contribution < 1.29 is 4.79 Å². The Balaban J connectivity index is 1.99. The molecule has 1 aromatic rings. The molecule has 18 heavy (non-hydrogen) atoms. The first-order chi connectivity index (χ1) is 8.50. The van der Waals surface area contributed by atoms with Crippen LogP contribution in [0.15, 0.2) is 24.3 Å². The van der Waals surface area contributed by atoms with Gasteiger partial charge in [-0.1, -0.05) is 18.6 Å². The van der Waals surface area contributed by atoms with Gasteiger partial charge in [-0.05, 0) is 50.3 Å². The fraction of sp³-hybridized carbons (Fsp3) is 0.533. The Morgan fingerprint density at radius 3 is 2.44 bits per heavy atom. The zero-order valence-corrected chi connectivity index (χ0v) is 11.2. The summed E-state index contributed by atoms with van der Waals surface area (Å²) in [7, 11) is 0. The highest BCUT2D eigenvalue weighted by Crippen LogP contribution is 2.27. The van der Waals surface area contributed by atoms with E-state index in [9.17, 15) is 4.79 Å². The third kappa shape index (κ3) is 2.66. The maximum atomic E-state index is 12.3. The van der Waals surface area contributed by atoms with Crippen LogP contribution >= 0.6 is 0 Å². The highest BCUT2D eigenvalue weighted by Gasteiger charge is 2.30. The first kappa shape index (κ1) is 12.9. The molecule has 3 heteroatoms. The van der Waals surface area contributed by atoms with Crippen molar-refractivity contribution in [2.75, 3.05) is 12.3 Å². The number of hydrogen-bond acceptors (Lipinski definition) is 2. The Bertz CT molecular complexity index is 419. The van der Waals surface area contributed by atoms with Gasteiger partial charge in [0.05, 0.1) is 5.41 Å². The van der Waals surface area contributed by atoms with Crippen molar-refractivity contribution in [1.29, 1.82) is 0 Å². The van der Waals surface area contributed by atoms with Gasteiger partial charge in [-0.3, -0.25) is 4.79 Å². The van der Waals surface area contributed by atoms with Crippen molar-refractivity contribution in [3.8, 4) is 0 Å². The van der Waals surface area contributed by atoms with Crippen LogP contribution < -0.4 is 11.1 Å². The summed E-state index contributed by atoms with van der Waals surface area (Å²) in [6.45, 7) is 4.72. The largest absolute Gasteiger partial charge is 0.399 e. The lowest BCUT2D eigenvalue weighted by Crippen LogP contribution is -2.42. The molecular formula is C15H22N2O. The van der Waals surface area contributed by atoms with Crippen LogP contribution in [0.3, 0.4) is 0 Å². The number of nitrogens with one attached hydrogen (secondary N) is 1. The molecule has 0 radical (unpaired) electrons. The minimum atomic E-state index is -0.503. The van der Waals surface area contributed by atoms with E-state index in [1.54, 1.807) is 0 Å². The maximum Gasteiger partial charge on any atom is 0.230 e. The predicted octanol–water partition coefficient (Wildman–Crippen LogP) is 2.46. The number of anilines is 1. The quantitative estimate of drug-likeness (QED) is 0.802. The zero-order chi connectivity index (χ0) is 13.2. The highest BCUT2D eigenvalue weighted by atomic mass is 16.2. The number of rotatable bonds is 4. The summed E-state index contributed by atoms with van der Waals surface area (Å²) in [5.74, 6) is 0.787. The Morgan fingerprint density at radius 2 is 1.94 bits per heavy atom. The minimum absolute atomic E-state index is 0.0965. The van der Waals surface area contributed by atoms with Gasteiger partial charge in [0.1, 0.15) is 0 Å². The lowest BCUT2D eigenvalue weighted by Gasteiger charge is -2.29. The van der Waals surface area contributed by atoms with Crippen LogP contribution in [0.1, 0.15) is 38.7 Å². The van der Waals surface area contributed by atoms with Gasteiger partial charge >= 0.3 is 0 Å². The van der Waals surface area contributed by atoms with Crippen LogP contribution in [-0.2, 0) is 10.2 Å². The van der Waals surface area contributed by atoms with Gasteiger partial charge in [0.25, 0.3) is 0 Å². The van der Waals surface area contributed by atoms with E-state index in [2.05, 4.69) is 5.32 Å². The van der Waals surface area contributed by atoms with Gasteiger partial charge < -0.3 is 11.1 Å². The predicted molar refractivity (Wildman–Crippen MR) is 74.2 cm³/mol. The lowest BCUT2D eigenvalue weighted by atomic mass is 9.82. The van der Waals surface area contributed by atoms with E-state index < -0.39 is 5.41 Å². The van der Waals surface area contributed by atoms with Crippen LogP contribution in [0.25, 0.3) is 0 Å². The van der Waals surface area contributed by atoms with Crippen molar-refractivity contribution in [2.24, 2.45) is 5.92 Å². The second-order valence-corrected chi connectivity index (χ2v) is 5.75. The van der Waals surface area contributed by atoms with E-state index in [1.165, 1.54) is 19.3 Å². The highest BCUT2D eigenvalue weighted by molar-refractivity contribution is 5.87. The van der Waals surface area contributed by atoms with E-state index >= 15 is 0 Å². The lowest BCUT2D eigenvalue weighted by molar-refractivity contribution is -0.126. The van der Waals surface area contributed by atoms with Gasteiger partial charge in [0.2, 0.25) is 5.91 Å². The molecule has 1 aromatic carbocycles. The van der Waals surface area contributed by atoms with E-state index in [0.29, 0.717) is 5.92 Å². The molecule has 1 saturated carbocycles. The number of hydrogen-bond donors (Lipinski definition) is 2. The third-order valence-electron chi connectivity index (χ3n) is 3.98. The van der Waals surface area contributed by atoms with Crippen LogP contribution in [0, 0.1) is 5.92 Å². The van der Waals surface area contributed by atoms with E-state index in [1.807, 2.05) is 38.1 Å². The van der Waals surface area contributed by atoms with Crippen molar-refractivity contribution in [2.45, 2.75) is 38.5 Å². The monoisotopic (exact) mass is 246 g/mol. The van der Waals surface area contributed by atoms with Gasteiger partial charge in [0, 0.05) is 12.2 Å². The van der Waals surface area contributed by atoms with E-state index in [4.69, 9.17) is 5.73 Å². The van der Waals surface area contributed by atoms with Gasteiger partial charge in [-0.15, -0.1) is 0 Å². The van der Waals surface area contributed by atoms with Crippen LogP contribution in [0.4, 0.5) is 5.69 Å². The SMILES string of the molecule is CC(C)(C(=O)NCC1CCC1)c1ccc(N)cc1. The summed E-state index contributed by atoms with van der Waals surface area (Å²) in [6, 6.07) is 7.54. The fourth-order valence-corrected chi connectivity index (χ4v) is 2.19. The van der Waals surface area contributed by atoms with Gasteiger partial charge in [-0.2, -0.15) is 0 Å². The molecule has 0 aromatic heterocycles. The second kappa shape index (κ2) is 5.01. The summed E-state index contributed by atoms with van der Waals surface area (Å²) in [5, 5.41) is 3.07. The average Bonchev–Trinajstić information content (AvgIpc) is 2.27. The number of nitrogen functional groups attached to an aromatic ring is 1. The molecule has 1 aliphatic carbocycles. The molecule has 0 unspecified atom stereocenters. The summed E-state index contributed by atoms with van der Waals surface area (Å²) < 4.78 is 0. The average molecular weight is 246 g/mol. The smallest absolute Gasteiger partial charge is 0.230 e. The van der Waals surface area contributed by atoms with Crippen LogP contribution in [0.5, 0.6) is 0 Å². The first-order valence-electron chi connectivity index (χ1n) is 6.64. The fourth-order valence-electron chi connectivity index (χ4n) is 2.19. The molecular weight excluding hydrogens is 224 g/mol. The topological polar surface area (TPSA) is 55.1 Å². The Morgan fingerprint density at radius 1 is 1.33 bits per heavy atom. The van der Waals surface area contributed by atoms with Crippen molar-refractivity contribution in [3.63, 3.8) is 0 Å². The molecule has 1 aliphatic rings. The summed E-state index contributed by atoms with van der Waals surface area (Å²) in [6.07, 6.45) is 3.81. The van der Waals surface area contributed by atoms with Gasteiger partial charge in [-0.25, -0.2) is 0 Å². The molecule has 2 rings (SSSR count). The molecule has 0 heterocycles. The Labute approximate surface area is 109 Å². The molecule has 1 fully saturated rings. The molecule has 0 bridgehead atoms. The summed E-state index contributed by atoms with van der Waals surface area (Å²) in [4.78, 5) is 12.3. The molecule has 0 saturated heterocycles. The molecule has 0 aliphatic heterocycles. The number of carbonyl (C=O) groups is 1. The van der Waals surface area contributed by atoms with E-state index in [0.717, 1.165) is 17.8 Å². The van der Waals surface area contributed by atoms with Crippen LogP contribution in [0.2, 0.25) is 0 Å². The molecule has 0 atom stereocenters. The van der Waals surface area contributed by atoms with Crippen LogP contribution in [-0.4, -0.2) is 12.5 Å². The number of carbonyl (C=O) groups excluding carboxylic acids is 1. The Kier molecular flexibility index (Phi) is 3.60. The first-order valence-corrected chi connectivity index (χ1v) is 6.64. The number of nitrogens with two attached hydrogens (primary N) is 1. The Hall–Kier alpha value is -1.51. The maximum absolute atomic E-state index is 12.3. The summed E-state index contributed by atoms with van der Waals surface area (Å²) in [5.41, 5.74) is 6.90. The molecule has 1 amide bonds. The second-order valence-electron chi connectivity index (χ2n) is 5.75. The van der Waals surface area contributed by atoms with Crippen molar-refractivity contribution in [1.82, 2.24) is 5.32 Å².